The lowest BCUT2D eigenvalue weighted by Crippen LogP contribution is -2.49. The summed E-state index contributed by atoms with van der Waals surface area (Å²) in [5.41, 5.74) is 3.82. The number of carbonyl (C=O) groups is 1. The second-order valence-electron chi connectivity index (χ2n) is 14.4. The van der Waals surface area contributed by atoms with Crippen LogP contribution in [-0.4, -0.2) is 37.7 Å². The fraction of sp³-hybridized carbons (Fsp3) is 0.595. The summed E-state index contributed by atoms with van der Waals surface area (Å²) in [6.07, 6.45) is -0.776. The maximum absolute atomic E-state index is 14.3. The zero-order valence-electron chi connectivity index (χ0n) is 28.6. The van der Waals surface area contributed by atoms with Gasteiger partial charge in [0.2, 0.25) is 0 Å². The minimum Gasteiger partial charge on any atom is -0.456 e. The third-order valence-corrected chi connectivity index (χ3v) is 14.9. The van der Waals surface area contributed by atoms with Gasteiger partial charge in [-0.1, -0.05) is 128 Å². The summed E-state index contributed by atoms with van der Waals surface area (Å²) < 4.78 is 13.2. The lowest BCUT2D eigenvalue weighted by Gasteiger charge is -2.41. The van der Waals surface area contributed by atoms with Gasteiger partial charge in [0.15, 0.2) is 14.4 Å². The van der Waals surface area contributed by atoms with Crippen LogP contribution in [0.1, 0.15) is 99.6 Å². The summed E-state index contributed by atoms with van der Waals surface area (Å²) >= 11 is 0. The van der Waals surface area contributed by atoms with Crippen molar-refractivity contribution in [1.29, 1.82) is 0 Å². The third kappa shape index (κ3) is 8.45. The van der Waals surface area contributed by atoms with E-state index in [0.29, 0.717) is 5.92 Å². The van der Waals surface area contributed by atoms with Crippen molar-refractivity contribution >= 4 is 14.3 Å². The van der Waals surface area contributed by atoms with Crippen LogP contribution >= 0.6 is 0 Å². The van der Waals surface area contributed by atoms with Crippen LogP contribution in [0.25, 0.3) is 0 Å². The van der Waals surface area contributed by atoms with Crippen LogP contribution in [0.4, 0.5) is 0 Å². The first-order valence-corrected chi connectivity index (χ1v) is 18.6. The molecule has 5 heteroatoms. The highest BCUT2D eigenvalue weighted by atomic mass is 28.4. The smallest absolute Gasteiger partial charge is 0.335 e. The number of benzene rings is 2. The Kier molecular flexibility index (Phi) is 12.4. The number of aliphatic hydroxyl groups is 1. The highest BCUT2D eigenvalue weighted by molar-refractivity contribution is 6.74. The highest BCUT2D eigenvalue weighted by Gasteiger charge is 2.45. The molecule has 4 nitrogen and oxygen atoms in total. The zero-order chi connectivity index (χ0) is 32.0. The predicted molar refractivity (Wildman–Crippen MR) is 179 cm³/mol. The number of esters is 1. The number of ether oxygens (including phenoxy) is 1. The van der Waals surface area contributed by atoms with Crippen LogP contribution in [-0.2, 0) is 14.0 Å². The van der Waals surface area contributed by atoms with E-state index < -0.39 is 26.6 Å². The first-order valence-electron chi connectivity index (χ1n) is 15.7. The normalized spacial score (nSPS) is 17.2. The molecule has 2 aromatic rings. The number of hydrogen-bond donors (Lipinski definition) is 1. The van der Waals surface area contributed by atoms with Crippen molar-refractivity contribution in [3.8, 4) is 0 Å². The Hall–Kier alpha value is -2.21. The van der Waals surface area contributed by atoms with Crippen LogP contribution in [0.2, 0.25) is 18.1 Å². The molecule has 0 fully saturated rings. The first kappa shape index (κ1) is 36.0. The molecule has 0 aliphatic heterocycles. The van der Waals surface area contributed by atoms with Crippen LogP contribution < -0.4 is 0 Å². The molecular weight excluding hydrogens is 536 g/mol. The Balaban J connectivity index is 2.51. The van der Waals surface area contributed by atoms with Gasteiger partial charge >= 0.3 is 5.97 Å². The molecule has 0 saturated heterocycles. The molecule has 0 bridgehead atoms. The molecule has 0 aromatic heterocycles. The Morgan fingerprint density at radius 1 is 0.833 bits per heavy atom. The largest absolute Gasteiger partial charge is 0.456 e. The van der Waals surface area contributed by atoms with Gasteiger partial charge in [-0.15, -0.1) is 0 Å². The second-order valence-corrected chi connectivity index (χ2v) is 19.2. The van der Waals surface area contributed by atoms with Gasteiger partial charge in [0.25, 0.3) is 0 Å². The van der Waals surface area contributed by atoms with Crippen LogP contribution in [0.5, 0.6) is 0 Å². The van der Waals surface area contributed by atoms with Crippen molar-refractivity contribution < 1.29 is 19.1 Å². The molecule has 0 spiro atoms. The molecule has 0 heterocycles. The van der Waals surface area contributed by atoms with E-state index >= 15 is 0 Å². The standard InChI is InChI=1S/C37H58O4Si/c1-14-25(2)37(10,11)34(38)28(5)26(3)27(4)29(6)40-35(39)33(41-42(12,13)36(7,8)9)32(30-21-17-15-18-22-30)31-23-19-16-20-24-31/h15-25,28-29,32-34,38H,14H2,1-13H3/b27-26+/t25-,28-,29?,33+,34-/m0/s1. The molecule has 0 aliphatic carbocycles. The van der Waals surface area contributed by atoms with Gasteiger partial charge in [-0.25, -0.2) is 4.79 Å². The monoisotopic (exact) mass is 594 g/mol. The fourth-order valence-electron chi connectivity index (χ4n) is 5.32. The molecule has 1 N–H and O–H groups in total. The van der Waals surface area contributed by atoms with E-state index in [1.165, 1.54) is 0 Å². The lowest BCUT2D eigenvalue weighted by atomic mass is 9.69. The molecule has 0 radical (unpaired) electrons. The van der Waals surface area contributed by atoms with Gasteiger partial charge in [0.05, 0.1) is 6.10 Å². The van der Waals surface area contributed by atoms with E-state index in [1.54, 1.807) is 0 Å². The summed E-state index contributed by atoms with van der Waals surface area (Å²) in [5, 5.41) is 11.3. The second kappa shape index (κ2) is 14.5. The van der Waals surface area contributed by atoms with Crippen molar-refractivity contribution in [2.24, 2.45) is 17.3 Å². The Morgan fingerprint density at radius 3 is 1.69 bits per heavy atom. The van der Waals surface area contributed by atoms with Crippen molar-refractivity contribution in [2.75, 3.05) is 0 Å². The van der Waals surface area contributed by atoms with Gasteiger partial charge in [-0.3, -0.25) is 0 Å². The van der Waals surface area contributed by atoms with Crippen molar-refractivity contribution in [1.82, 2.24) is 0 Å². The molecule has 0 aliphatic rings. The fourth-order valence-corrected chi connectivity index (χ4v) is 6.54. The van der Waals surface area contributed by atoms with Gasteiger partial charge in [-0.05, 0) is 66.9 Å². The minimum absolute atomic E-state index is 0.0733. The molecule has 2 aromatic carbocycles. The number of aliphatic hydroxyl groups excluding tert-OH is 1. The van der Waals surface area contributed by atoms with E-state index in [0.717, 1.165) is 28.7 Å². The quantitative estimate of drug-likeness (QED) is 0.143. The molecule has 0 amide bonds. The SMILES string of the molecule is CC[C@H](C)C(C)(C)[C@@H](O)[C@@H](C)/C(C)=C(\C)C(C)OC(=O)[C@H](O[Si](C)(C)C(C)(C)C)C(c1ccccc1)c1ccccc1. The Morgan fingerprint density at radius 2 is 1.29 bits per heavy atom. The van der Waals surface area contributed by atoms with Crippen molar-refractivity contribution in [3.05, 3.63) is 82.9 Å². The van der Waals surface area contributed by atoms with Gasteiger partial charge < -0.3 is 14.3 Å². The Labute approximate surface area is 258 Å². The zero-order valence-corrected chi connectivity index (χ0v) is 29.6. The van der Waals surface area contributed by atoms with Crippen molar-refractivity contribution in [3.63, 3.8) is 0 Å². The minimum atomic E-state index is -2.37. The maximum atomic E-state index is 14.3. The molecule has 5 atom stereocenters. The van der Waals surface area contributed by atoms with Gasteiger partial charge in [0.1, 0.15) is 6.10 Å². The summed E-state index contributed by atoms with van der Waals surface area (Å²) in [6, 6.07) is 20.3. The lowest BCUT2D eigenvalue weighted by molar-refractivity contribution is -0.156. The number of carbonyl (C=O) groups excluding carboxylic acids is 1. The molecular formula is C37H58O4Si. The van der Waals surface area contributed by atoms with E-state index in [-0.39, 0.29) is 28.3 Å². The van der Waals surface area contributed by atoms with E-state index in [1.807, 2.05) is 50.2 Å². The summed E-state index contributed by atoms with van der Waals surface area (Å²) in [4.78, 5) is 14.3. The number of rotatable bonds is 13. The molecule has 234 valence electrons. The molecule has 42 heavy (non-hydrogen) atoms. The van der Waals surface area contributed by atoms with Gasteiger partial charge in [0, 0.05) is 11.8 Å². The predicted octanol–water partition coefficient (Wildman–Crippen LogP) is 9.55. The van der Waals surface area contributed by atoms with Gasteiger partial charge in [-0.2, -0.15) is 0 Å². The first-order chi connectivity index (χ1) is 19.4. The maximum Gasteiger partial charge on any atom is 0.335 e. The average Bonchev–Trinajstić information content (AvgIpc) is 2.94. The van der Waals surface area contributed by atoms with Crippen molar-refractivity contribution in [2.45, 2.75) is 125 Å². The summed E-state index contributed by atoms with van der Waals surface area (Å²) in [5.74, 6) is -0.371. The topological polar surface area (TPSA) is 55.8 Å². The highest BCUT2D eigenvalue weighted by Crippen LogP contribution is 2.42. The summed E-state index contributed by atoms with van der Waals surface area (Å²) in [7, 11) is -2.37. The van der Waals surface area contributed by atoms with E-state index in [4.69, 9.17) is 9.16 Å². The Bertz CT molecular complexity index is 1120. The average molecular weight is 595 g/mol. The van der Waals surface area contributed by atoms with E-state index in [9.17, 15) is 9.90 Å². The molecule has 2 rings (SSSR count). The molecule has 1 unspecified atom stereocenters. The third-order valence-electron chi connectivity index (χ3n) is 10.4. The van der Waals surface area contributed by atoms with Crippen LogP contribution in [0.15, 0.2) is 71.8 Å². The van der Waals surface area contributed by atoms with Crippen LogP contribution in [0, 0.1) is 17.3 Å². The van der Waals surface area contributed by atoms with Crippen LogP contribution in [0.3, 0.4) is 0 Å². The van der Waals surface area contributed by atoms with E-state index in [2.05, 4.69) is 99.7 Å². The summed E-state index contributed by atoms with van der Waals surface area (Å²) in [6.45, 7) is 27.7. The molecule has 0 saturated carbocycles. The number of hydrogen-bond acceptors (Lipinski definition) is 4.